The van der Waals surface area contributed by atoms with Gasteiger partial charge in [-0.25, -0.2) is 0 Å². The number of hydrogen-bond acceptors (Lipinski definition) is 3. The lowest BCUT2D eigenvalue weighted by molar-refractivity contribution is 0.688. The molecule has 0 aliphatic heterocycles. The standard InChI is InChI=1S/C15H20BrN5/c1-4-12-14(16)13(21(3)19-12)9-20(2)11-7-5-10(6-8-11)15(17)18/h5-8H,4,9H2,1-3H3,(H3,17,18). The van der Waals surface area contributed by atoms with Gasteiger partial charge in [0.1, 0.15) is 5.84 Å². The molecule has 1 aromatic heterocycles. The Bertz CT molecular complexity index is 645. The van der Waals surface area contributed by atoms with Crippen LogP contribution in [0.1, 0.15) is 23.9 Å². The Balaban J connectivity index is 2.19. The number of nitrogens with zero attached hydrogens (tertiary/aromatic N) is 3. The lowest BCUT2D eigenvalue weighted by Crippen LogP contribution is -2.19. The Morgan fingerprint density at radius 1 is 1.38 bits per heavy atom. The summed E-state index contributed by atoms with van der Waals surface area (Å²) in [5.74, 6) is 0.0890. The summed E-state index contributed by atoms with van der Waals surface area (Å²) in [5.41, 5.74) is 9.51. The summed E-state index contributed by atoms with van der Waals surface area (Å²) in [5, 5.41) is 11.9. The highest BCUT2D eigenvalue weighted by Gasteiger charge is 2.14. The molecule has 1 aromatic carbocycles. The van der Waals surface area contributed by atoms with E-state index in [4.69, 9.17) is 11.1 Å². The van der Waals surface area contributed by atoms with Gasteiger partial charge in [0, 0.05) is 25.3 Å². The average molecular weight is 350 g/mol. The minimum Gasteiger partial charge on any atom is -0.384 e. The number of aryl methyl sites for hydroxylation is 2. The highest BCUT2D eigenvalue weighted by Crippen LogP contribution is 2.24. The summed E-state index contributed by atoms with van der Waals surface area (Å²) < 4.78 is 3.00. The van der Waals surface area contributed by atoms with Crippen molar-refractivity contribution in [2.24, 2.45) is 12.8 Å². The summed E-state index contributed by atoms with van der Waals surface area (Å²) in [6.45, 7) is 2.85. The van der Waals surface area contributed by atoms with Crippen molar-refractivity contribution in [2.45, 2.75) is 19.9 Å². The van der Waals surface area contributed by atoms with Crippen LogP contribution < -0.4 is 10.6 Å². The molecule has 0 atom stereocenters. The van der Waals surface area contributed by atoms with Gasteiger partial charge >= 0.3 is 0 Å². The van der Waals surface area contributed by atoms with Crippen molar-refractivity contribution < 1.29 is 0 Å². The van der Waals surface area contributed by atoms with E-state index in [-0.39, 0.29) is 5.84 Å². The predicted molar refractivity (Wildman–Crippen MR) is 89.9 cm³/mol. The van der Waals surface area contributed by atoms with Crippen LogP contribution in [0.2, 0.25) is 0 Å². The molecule has 0 amide bonds. The molecule has 2 aromatic rings. The molecule has 1 heterocycles. The number of rotatable bonds is 5. The molecular weight excluding hydrogens is 330 g/mol. The maximum absolute atomic E-state index is 7.42. The second-order valence-electron chi connectivity index (χ2n) is 5.00. The Labute approximate surface area is 133 Å². The molecule has 5 nitrogen and oxygen atoms in total. The van der Waals surface area contributed by atoms with Gasteiger partial charge in [0.2, 0.25) is 0 Å². The molecule has 0 saturated heterocycles. The first-order valence-corrected chi connectivity index (χ1v) is 7.59. The fraction of sp³-hybridized carbons (Fsp3) is 0.333. The zero-order valence-electron chi connectivity index (χ0n) is 12.5. The molecule has 0 spiro atoms. The van der Waals surface area contributed by atoms with E-state index in [1.165, 1.54) is 0 Å². The molecule has 0 bridgehead atoms. The summed E-state index contributed by atoms with van der Waals surface area (Å²) in [4.78, 5) is 2.14. The normalized spacial score (nSPS) is 10.7. The minimum atomic E-state index is 0.0890. The molecule has 0 fully saturated rings. The Morgan fingerprint density at radius 3 is 2.48 bits per heavy atom. The van der Waals surface area contributed by atoms with Gasteiger partial charge in [-0.05, 0) is 46.6 Å². The average Bonchev–Trinajstić information content (AvgIpc) is 2.74. The van der Waals surface area contributed by atoms with Crippen LogP contribution in [0.15, 0.2) is 28.7 Å². The fourth-order valence-corrected chi connectivity index (χ4v) is 2.94. The molecule has 0 radical (unpaired) electrons. The maximum atomic E-state index is 7.42. The maximum Gasteiger partial charge on any atom is 0.122 e. The number of hydrogen-bond donors (Lipinski definition) is 2. The Hall–Kier alpha value is -1.82. The van der Waals surface area contributed by atoms with Crippen molar-refractivity contribution in [1.29, 1.82) is 5.41 Å². The predicted octanol–water partition coefficient (Wildman–Crippen LogP) is 2.67. The van der Waals surface area contributed by atoms with Crippen LogP contribution in [0, 0.1) is 5.41 Å². The van der Waals surface area contributed by atoms with Gasteiger partial charge in [0.05, 0.1) is 22.4 Å². The van der Waals surface area contributed by atoms with Crippen LogP contribution in [-0.2, 0) is 20.0 Å². The molecule has 21 heavy (non-hydrogen) atoms. The van der Waals surface area contributed by atoms with Crippen molar-refractivity contribution in [3.63, 3.8) is 0 Å². The number of halogens is 1. The van der Waals surface area contributed by atoms with Crippen LogP contribution in [0.4, 0.5) is 5.69 Å². The fourth-order valence-electron chi connectivity index (χ4n) is 2.20. The lowest BCUT2D eigenvalue weighted by atomic mass is 10.2. The Kier molecular flexibility index (Phi) is 4.67. The van der Waals surface area contributed by atoms with Gasteiger partial charge in [-0.3, -0.25) is 10.1 Å². The summed E-state index contributed by atoms with van der Waals surface area (Å²) in [6, 6.07) is 7.68. The van der Waals surface area contributed by atoms with Gasteiger partial charge < -0.3 is 10.6 Å². The molecule has 112 valence electrons. The van der Waals surface area contributed by atoms with Crippen molar-refractivity contribution >= 4 is 27.5 Å². The van der Waals surface area contributed by atoms with E-state index in [1.807, 2.05) is 43.0 Å². The number of nitrogens with two attached hydrogens (primary N) is 1. The van der Waals surface area contributed by atoms with Crippen molar-refractivity contribution in [2.75, 3.05) is 11.9 Å². The van der Waals surface area contributed by atoms with Gasteiger partial charge in [0.25, 0.3) is 0 Å². The molecule has 0 saturated carbocycles. The van der Waals surface area contributed by atoms with Crippen LogP contribution in [-0.4, -0.2) is 22.7 Å². The number of nitrogen functional groups attached to an aromatic ring is 1. The van der Waals surface area contributed by atoms with Gasteiger partial charge in [0.15, 0.2) is 0 Å². The van der Waals surface area contributed by atoms with Gasteiger partial charge in [-0.2, -0.15) is 5.10 Å². The number of nitrogens with one attached hydrogen (secondary N) is 1. The number of amidine groups is 1. The van der Waals surface area contributed by atoms with Gasteiger partial charge in [-0.15, -0.1) is 0 Å². The molecule has 6 heteroatoms. The third-order valence-corrected chi connectivity index (χ3v) is 4.42. The van der Waals surface area contributed by atoms with E-state index in [0.717, 1.165) is 40.1 Å². The third-order valence-electron chi connectivity index (χ3n) is 3.51. The summed E-state index contributed by atoms with van der Waals surface area (Å²) in [7, 11) is 4.00. The summed E-state index contributed by atoms with van der Waals surface area (Å²) >= 11 is 3.64. The molecule has 0 unspecified atom stereocenters. The highest BCUT2D eigenvalue weighted by molar-refractivity contribution is 9.10. The largest absolute Gasteiger partial charge is 0.384 e. The van der Waals surface area contributed by atoms with E-state index in [9.17, 15) is 0 Å². The minimum absolute atomic E-state index is 0.0890. The monoisotopic (exact) mass is 349 g/mol. The van der Waals surface area contributed by atoms with Crippen LogP contribution in [0.3, 0.4) is 0 Å². The molecule has 0 aliphatic rings. The molecular formula is C15H20BrN5. The molecule has 0 aliphatic carbocycles. The number of anilines is 1. The van der Waals surface area contributed by atoms with Crippen LogP contribution in [0.5, 0.6) is 0 Å². The quantitative estimate of drug-likeness (QED) is 0.643. The molecule has 2 rings (SSSR count). The topological polar surface area (TPSA) is 70.9 Å². The second kappa shape index (κ2) is 6.30. The van der Waals surface area contributed by atoms with E-state index in [0.29, 0.717) is 0 Å². The lowest BCUT2D eigenvalue weighted by Gasteiger charge is -2.20. The summed E-state index contributed by atoms with van der Waals surface area (Å²) in [6.07, 6.45) is 0.908. The number of benzene rings is 1. The van der Waals surface area contributed by atoms with Gasteiger partial charge in [-0.1, -0.05) is 6.92 Å². The van der Waals surface area contributed by atoms with E-state index >= 15 is 0 Å². The first-order valence-electron chi connectivity index (χ1n) is 6.79. The first kappa shape index (κ1) is 15.6. The van der Waals surface area contributed by atoms with Crippen molar-refractivity contribution in [1.82, 2.24) is 9.78 Å². The first-order chi connectivity index (χ1) is 9.93. The smallest absolute Gasteiger partial charge is 0.122 e. The zero-order valence-corrected chi connectivity index (χ0v) is 14.1. The zero-order chi connectivity index (χ0) is 15.6. The van der Waals surface area contributed by atoms with Crippen molar-refractivity contribution in [3.8, 4) is 0 Å². The molecule has 3 N–H and O–H groups in total. The van der Waals surface area contributed by atoms with Crippen LogP contribution in [0.25, 0.3) is 0 Å². The second-order valence-corrected chi connectivity index (χ2v) is 5.79. The van der Waals surface area contributed by atoms with E-state index in [1.54, 1.807) is 0 Å². The highest BCUT2D eigenvalue weighted by atomic mass is 79.9. The Morgan fingerprint density at radius 2 is 2.00 bits per heavy atom. The van der Waals surface area contributed by atoms with E-state index < -0.39 is 0 Å². The van der Waals surface area contributed by atoms with Crippen LogP contribution >= 0.6 is 15.9 Å². The van der Waals surface area contributed by atoms with Crippen molar-refractivity contribution in [3.05, 3.63) is 45.7 Å². The number of aromatic nitrogens is 2. The third kappa shape index (κ3) is 3.26. The SMILES string of the molecule is CCc1nn(C)c(CN(C)c2ccc(C(=N)N)cc2)c1Br. The van der Waals surface area contributed by atoms with E-state index in [2.05, 4.69) is 32.9 Å².